The monoisotopic (exact) mass is 287 g/mol. The number of rotatable bonds is 4. The Hall–Kier alpha value is -2.01. The Morgan fingerprint density at radius 3 is 2.76 bits per heavy atom. The highest BCUT2D eigenvalue weighted by Gasteiger charge is 2.10. The maximum Gasteiger partial charge on any atom is 0.161 e. The molecule has 21 heavy (non-hydrogen) atoms. The van der Waals surface area contributed by atoms with Gasteiger partial charge in [-0.25, -0.2) is 0 Å². The average molecular weight is 287 g/mol. The molecule has 5 heteroatoms. The van der Waals surface area contributed by atoms with Gasteiger partial charge in [-0.3, -0.25) is 4.68 Å². The Labute approximate surface area is 124 Å². The van der Waals surface area contributed by atoms with Gasteiger partial charge in [-0.1, -0.05) is 6.07 Å². The van der Waals surface area contributed by atoms with Crippen LogP contribution in [0.3, 0.4) is 0 Å². The van der Waals surface area contributed by atoms with Crippen molar-refractivity contribution >= 4 is 0 Å². The molecule has 1 aromatic carbocycles. The van der Waals surface area contributed by atoms with Crippen LogP contribution in [0.1, 0.15) is 23.2 Å². The Kier molecular flexibility index (Phi) is 4.10. The molecule has 0 atom stereocenters. The van der Waals surface area contributed by atoms with Crippen LogP contribution in [-0.2, 0) is 20.1 Å². The van der Waals surface area contributed by atoms with Gasteiger partial charge in [0.25, 0.3) is 0 Å². The van der Waals surface area contributed by atoms with Crippen LogP contribution in [0.4, 0.5) is 0 Å². The lowest BCUT2D eigenvalue weighted by atomic mass is 10.2. The normalized spacial score (nSPS) is 14.0. The largest absolute Gasteiger partial charge is 0.490 e. The topological polar surface area (TPSA) is 48.3 Å². The maximum atomic E-state index is 5.71. The number of aryl methyl sites for hydroxylation is 2. The average Bonchev–Trinajstić information content (AvgIpc) is 2.66. The third-order valence-electron chi connectivity index (χ3n) is 3.57. The smallest absolute Gasteiger partial charge is 0.161 e. The van der Waals surface area contributed by atoms with Crippen molar-refractivity contribution in [2.45, 2.75) is 26.4 Å². The summed E-state index contributed by atoms with van der Waals surface area (Å²) in [6.07, 6.45) is 2.98. The van der Waals surface area contributed by atoms with Gasteiger partial charge >= 0.3 is 0 Å². The summed E-state index contributed by atoms with van der Waals surface area (Å²) in [6.45, 7) is 5.09. The van der Waals surface area contributed by atoms with Gasteiger partial charge in [-0.2, -0.15) is 5.10 Å². The van der Waals surface area contributed by atoms with Crippen LogP contribution >= 0.6 is 0 Å². The van der Waals surface area contributed by atoms with Crippen molar-refractivity contribution in [1.29, 1.82) is 0 Å². The SMILES string of the molecule is Cc1nn(C)cc1CNCc1ccc2c(c1)OCCCO2. The van der Waals surface area contributed by atoms with Crippen LogP contribution in [0.5, 0.6) is 11.5 Å². The van der Waals surface area contributed by atoms with Gasteiger partial charge in [-0.05, 0) is 24.6 Å². The van der Waals surface area contributed by atoms with Crippen molar-refractivity contribution in [3.63, 3.8) is 0 Å². The number of hydrogen-bond donors (Lipinski definition) is 1. The predicted molar refractivity (Wildman–Crippen MR) is 80.5 cm³/mol. The first-order valence-corrected chi connectivity index (χ1v) is 7.31. The predicted octanol–water partition coefficient (Wildman–Crippen LogP) is 2.18. The fraction of sp³-hybridized carbons (Fsp3) is 0.438. The summed E-state index contributed by atoms with van der Waals surface area (Å²) in [4.78, 5) is 0. The third kappa shape index (κ3) is 3.36. The van der Waals surface area contributed by atoms with E-state index >= 15 is 0 Å². The summed E-state index contributed by atoms with van der Waals surface area (Å²) in [6, 6.07) is 6.13. The summed E-state index contributed by atoms with van der Waals surface area (Å²) in [5, 5.41) is 7.79. The Morgan fingerprint density at radius 2 is 2.00 bits per heavy atom. The Bertz CT molecular complexity index is 622. The molecule has 1 aromatic heterocycles. The number of fused-ring (bicyclic) bond motifs is 1. The van der Waals surface area contributed by atoms with Crippen molar-refractivity contribution in [3.8, 4) is 11.5 Å². The molecule has 0 radical (unpaired) electrons. The molecule has 5 nitrogen and oxygen atoms in total. The molecule has 0 unspecified atom stereocenters. The molecular formula is C16H21N3O2. The lowest BCUT2D eigenvalue weighted by Crippen LogP contribution is -2.13. The number of aromatic nitrogens is 2. The van der Waals surface area contributed by atoms with Crippen LogP contribution in [0.2, 0.25) is 0 Å². The molecule has 2 aromatic rings. The van der Waals surface area contributed by atoms with Crippen molar-refractivity contribution in [2.75, 3.05) is 13.2 Å². The van der Waals surface area contributed by atoms with E-state index in [0.717, 1.165) is 49.9 Å². The maximum absolute atomic E-state index is 5.71. The molecule has 0 saturated heterocycles. The molecular weight excluding hydrogens is 266 g/mol. The Morgan fingerprint density at radius 1 is 1.19 bits per heavy atom. The highest BCUT2D eigenvalue weighted by Crippen LogP contribution is 2.30. The first-order chi connectivity index (χ1) is 10.2. The first kappa shape index (κ1) is 13.9. The minimum atomic E-state index is 0.721. The van der Waals surface area contributed by atoms with E-state index in [1.807, 2.05) is 24.7 Å². The van der Waals surface area contributed by atoms with Crippen molar-refractivity contribution < 1.29 is 9.47 Å². The molecule has 0 amide bonds. The molecule has 0 spiro atoms. The van der Waals surface area contributed by atoms with Gasteiger partial charge in [0.1, 0.15) is 0 Å². The molecule has 112 valence electrons. The highest BCUT2D eigenvalue weighted by atomic mass is 16.5. The fourth-order valence-corrected chi connectivity index (χ4v) is 2.48. The van der Waals surface area contributed by atoms with E-state index in [0.29, 0.717) is 0 Å². The van der Waals surface area contributed by atoms with E-state index in [9.17, 15) is 0 Å². The number of benzene rings is 1. The minimum Gasteiger partial charge on any atom is -0.490 e. The molecule has 0 bridgehead atoms. The van der Waals surface area contributed by atoms with E-state index in [2.05, 4.69) is 28.7 Å². The summed E-state index contributed by atoms with van der Waals surface area (Å²) in [7, 11) is 1.94. The number of nitrogens with one attached hydrogen (secondary N) is 1. The summed E-state index contributed by atoms with van der Waals surface area (Å²) >= 11 is 0. The van der Waals surface area contributed by atoms with Crippen LogP contribution in [0, 0.1) is 6.92 Å². The first-order valence-electron chi connectivity index (χ1n) is 7.31. The number of nitrogens with zero attached hydrogens (tertiary/aromatic N) is 2. The highest BCUT2D eigenvalue weighted by molar-refractivity contribution is 5.43. The van der Waals surface area contributed by atoms with Gasteiger partial charge in [0.05, 0.1) is 18.9 Å². The molecule has 3 rings (SSSR count). The third-order valence-corrected chi connectivity index (χ3v) is 3.57. The second-order valence-corrected chi connectivity index (χ2v) is 5.35. The second-order valence-electron chi connectivity index (χ2n) is 5.35. The lowest BCUT2D eigenvalue weighted by Gasteiger charge is -2.10. The quantitative estimate of drug-likeness (QED) is 0.936. The van der Waals surface area contributed by atoms with Gasteiger partial charge < -0.3 is 14.8 Å². The van der Waals surface area contributed by atoms with Crippen LogP contribution in [-0.4, -0.2) is 23.0 Å². The molecule has 1 aliphatic rings. The number of ether oxygens (including phenoxy) is 2. The van der Waals surface area contributed by atoms with Crippen LogP contribution < -0.4 is 14.8 Å². The van der Waals surface area contributed by atoms with E-state index in [1.54, 1.807) is 0 Å². The zero-order valence-corrected chi connectivity index (χ0v) is 12.6. The lowest BCUT2D eigenvalue weighted by molar-refractivity contribution is 0.297. The van der Waals surface area contributed by atoms with E-state index in [4.69, 9.17) is 9.47 Å². The van der Waals surface area contributed by atoms with Crippen molar-refractivity contribution in [3.05, 3.63) is 41.2 Å². The molecule has 1 N–H and O–H groups in total. The second kappa shape index (κ2) is 6.18. The zero-order valence-electron chi connectivity index (χ0n) is 12.6. The zero-order chi connectivity index (χ0) is 14.7. The standard InChI is InChI=1S/C16H21N3O2/c1-12-14(11-19(2)18-12)10-17-9-13-4-5-15-16(8-13)21-7-3-6-20-15/h4-5,8,11,17H,3,6-7,9-10H2,1-2H3. The van der Waals surface area contributed by atoms with E-state index in [-0.39, 0.29) is 0 Å². The van der Waals surface area contributed by atoms with Crippen molar-refractivity contribution in [1.82, 2.24) is 15.1 Å². The summed E-state index contributed by atoms with van der Waals surface area (Å²) in [5.74, 6) is 1.70. The summed E-state index contributed by atoms with van der Waals surface area (Å²) in [5.41, 5.74) is 3.50. The molecule has 0 saturated carbocycles. The van der Waals surface area contributed by atoms with E-state index < -0.39 is 0 Å². The Balaban J connectivity index is 1.60. The van der Waals surface area contributed by atoms with Gasteiger partial charge in [-0.15, -0.1) is 0 Å². The fourth-order valence-electron chi connectivity index (χ4n) is 2.48. The van der Waals surface area contributed by atoms with E-state index in [1.165, 1.54) is 11.1 Å². The summed E-state index contributed by atoms with van der Waals surface area (Å²) < 4.78 is 13.2. The molecule has 0 aliphatic carbocycles. The molecule has 2 heterocycles. The van der Waals surface area contributed by atoms with Gasteiger partial charge in [0.15, 0.2) is 11.5 Å². The van der Waals surface area contributed by atoms with Gasteiger partial charge in [0, 0.05) is 38.3 Å². The molecule has 1 aliphatic heterocycles. The van der Waals surface area contributed by atoms with Crippen LogP contribution in [0.15, 0.2) is 24.4 Å². The molecule has 0 fully saturated rings. The number of hydrogen-bond acceptors (Lipinski definition) is 4. The minimum absolute atomic E-state index is 0.721. The van der Waals surface area contributed by atoms with Crippen molar-refractivity contribution in [2.24, 2.45) is 7.05 Å². The van der Waals surface area contributed by atoms with Crippen LogP contribution in [0.25, 0.3) is 0 Å². The van der Waals surface area contributed by atoms with Gasteiger partial charge in [0.2, 0.25) is 0 Å².